The summed E-state index contributed by atoms with van der Waals surface area (Å²) in [5.74, 6) is 0. The van der Waals surface area contributed by atoms with Crippen LogP contribution in [0.2, 0.25) is 0 Å². The summed E-state index contributed by atoms with van der Waals surface area (Å²) in [7, 11) is 0. The van der Waals surface area contributed by atoms with E-state index in [9.17, 15) is 0 Å². The first kappa shape index (κ1) is 22.9. The maximum absolute atomic E-state index is 5.51. The Balaban J connectivity index is 1.24. The molecule has 0 atom stereocenters. The van der Waals surface area contributed by atoms with Crippen LogP contribution in [-0.4, -0.2) is 154 Å². The van der Waals surface area contributed by atoms with E-state index in [0.29, 0.717) is 0 Å². The fraction of sp³-hybridized carbons (Fsp3) is 1.00. The van der Waals surface area contributed by atoms with Crippen molar-refractivity contribution in [3.63, 3.8) is 0 Å². The van der Waals surface area contributed by atoms with Crippen LogP contribution in [0.15, 0.2) is 0 Å². The van der Waals surface area contributed by atoms with Crippen molar-refractivity contribution in [2.75, 3.05) is 125 Å². The molecule has 4 aliphatic rings. The van der Waals surface area contributed by atoms with Crippen LogP contribution in [0.4, 0.5) is 0 Å². The highest BCUT2D eigenvalue weighted by Gasteiger charge is 2.25. The molecule has 8 heteroatoms. The van der Waals surface area contributed by atoms with E-state index in [0.717, 1.165) is 85.7 Å². The number of nitrogens with zero attached hydrogens (tertiary/aromatic N) is 6. The summed E-state index contributed by atoms with van der Waals surface area (Å²) in [4.78, 5) is 15.8. The molecule has 0 N–H and O–H groups in total. The number of hydrogen-bond donors (Lipinski definition) is 0. The van der Waals surface area contributed by atoms with E-state index in [-0.39, 0.29) is 0 Å². The molecule has 4 saturated heterocycles. The summed E-state index contributed by atoms with van der Waals surface area (Å²) >= 11 is 0. The van der Waals surface area contributed by atoms with Crippen molar-refractivity contribution in [3.8, 4) is 0 Å². The van der Waals surface area contributed by atoms with Crippen molar-refractivity contribution in [1.29, 1.82) is 0 Å². The van der Waals surface area contributed by atoms with Gasteiger partial charge in [0, 0.05) is 65.4 Å². The fourth-order valence-corrected chi connectivity index (χ4v) is 5.09. The monoisotopic (exact) mass is 424 g/mol. The van der Waals surface area contributed by atoms with Gasteiger partial charge >= 0.3 is 0 Å². The van der Waals surface area contributed by atoms with Gasteiger partial charge in [0.1, 0.15) is 0 Å². The highest BCUT2D eigenvalue weighted by molar-refractivity contribution is 4.75. The average molecular weight is 425 g/mol. The zero-order chi connectivity index (χ0) is 20.4. The molecular formula is C22H44N6O2. The molecule has 0 aliphatic carbocycles. The van der Waals surface area contributed by atoms with Crippen LogP contribution in [0.3, 0.4) is 0 Å². The molecule has 0 aromatic rings. The number of rotatable bonds is 9. The van der Waals surface area contributed by atoms with Crippen LogP contribution in [0.5, 0.6) is 0 Å². The number of piperidine rings is 1. The van der Waals surface area contributed by atoms with Crippen molar-refractivity contribution in [2.45, 2.75) is 19.3 Å². The molecule has 4 aliphatic heterocycles. The van der Waals surface area contributed by atoms with Crippen LogP contribution in [-0.2, 0) is 9.47 Å². The van der Waals surface area contributed by atoms with E-state index in [2.05, 4.69) is 29.4 Å². The molecule has 0 amide bonds. The molecule has 0 unspecified atom stereocenters. The maximum Gasteiger partial charge on any atom is 0.0594 e. The second-order valence-electron chi connectivity index (χ2n) is 9.42. The van der Waals surface area contributed by atoms with Crippen molar-refractivity contribution in [1.82, 2.24) is 29.4 Å². The molecule has 0 aromatic carbocycles. The lowest BCUT2D eigenvalue weighted by Gasteiger charge is -2.44. The average Bonchev–Trinajstić information content (AvgIpc) is 2.82. The van der Waals surface area contributed by atoms with E-state index < -0.39 is 0 Å². The molecule has 4 rings (SSSR count). The van der Waals surface area contributed by atoms with E-state index in [1.165, 1.54) is 58.5 Å². The van der Waals surface area contributed by atoms with Crippen LogP contribution in [0, 0.1) is 0 Å². The van der Waals surface area contributed by atoms with Crippen molar-refractivity contribution >= 4 is 0 Å². The van der Waals surface area contributed by atoms with Gasteiger partial charge in [-0.3, -0.25) is 24.5 Å². The van der Waals surface area contributed by atoms with E-state index in [1.54, 1.807) is 0 Å². The normalized spacial score (nSPS) is 27.6. The van der Waals surface area contributed by atoms with Gasteiger partial charge in [-0.2, -0.15) is 0 Å². The first-order valence-electron chi connectivity index (χ1n) is 12.3. The lowest BCUT2D eigenvalue weighted by molar-refractivity contribution is -0.0463. The van der Waals surface area contributed by atoms with E-state index in [4.69, 9.17) is 9.47 Å². The summed E-state index contributed by atoms with van der Waals surface area (Å²) in [5, 5.41) is 0. The molecule has 0 radical (unpaired) electrons. The quantitative estimate of drug-likeness (QED) is 0.509. The van der Waals surface area contributed by atoms with Gasteiger partial charge in [0.2, 0.25) is 0 Å². The minimum Gasteiger partial charge on any atom is -0.379 e. The number of hydrogen-bond acceptors (Lipinski definition) is 8. The van der Waals surface area contributed by atoms with E-state index >= 15 is 0 Å². The van der Waals surface area contributed by atoms with Crippen LogP contribution in [0.25, 0.3) is 0 Å². The molecule has 0 saturated carbocycles. The van der Waals surface area contributed by atoms with Crippen molar-refractivity contribution in [3.05, 3.63) is 0 Å². The summed E-state index contributed by atoms with van der Waals surface area (Å²) in [6.07, 6.45) is 4.19. The largest absolute Gasteiger partial charge is 0.379 e. The smallest absolute Gasteiger partial charge is 0.0594 e. The van der Waals surface area contributed by atoms with Gasteiger partial charge in [0.15, 0.2) is 0 Å². The number of morpholine rings is 2. The predicted octanol–water partition coefficient (Wildman–Crippen LogP) is -0.0712. The van der Waals surface area contributed by atoms with Crippen LogP contribution >= 0.6 is 0 Å². The highest BCUT2D eigenvalue weighted by Crippen LogP contribution is 2.12. The molecule has 0 bridgehead atoms. The third-order valence-electron chi connectivity index (χ3n) is 7.05. The first-order valence-corrected chi connectivity index (χ1v) is 12.3. The second kappa shape index (κ2) is 12.6. The van der Waals surface area contributed by atoms with Gasteiger partial charge in [-0.15, -0.1) is 0 Å². The van der Waals surface area contributed by atoms with Gasteiger partial charge in [0.05, 0.1) is 46.4 Å². The molecule has 0 spiro atoms. The lowest BCUT2D eigenvalue weighted by Crippen LogP contribution is -2.58. The third-order valence-corrected chi connectivity index (χ3v) is 7.05. The first-order chi connectivity index (χ1) is 14.8. The highest BCUT2D eigenvalue weighted by atomic mass is 16.5. The minimum atomic E-state index is 0.896. The van der Waals surface area contributed by atoms with Gasteiger partial charge in [-0.05, 0) is 25.9 Å². The van der Waals surface area contributed by atoms with Gasteiger partial charge < -0.3 is 14.4 Å². The number of likely N-dealkylation sites (tertiary alicyclic amines) is 1. The molecule has 0 aromatic heterocycles. The fourth-order valence-electron chi connectivity index (χ4n) is 5.09. The standard InChI is InChI=1S/C22H44N6O2/c1-2-4-23(5-3-1)6-9-26-20-27(10-7-24-12-16-29-17-13-24)22-28(21-26)11-8-25-14-18-30-19-15-25/h1-22H2. The Morgan fingerprint density at radius 2 is 0.700 bits per heavy atom. The van der Waals surface area contributed by atoms with Crippen LogP contribution < -0.4 is 0 Å². The molecule has 174 valence electrons. The summed E-state index contributed by atoms with van der Waals surface area (Å²) in [5.41, 5.74) is 0. The maximum atomic E-state index is 5.51. The predicted molar refractivity (Wildman–Crippen MR) is 120 cm³/mol. The van der Waals surface area contributed by atoms with Gasteiger partial charge in [0.25, 0.3) is 0 Å². The Bertz CT molecular complexity index is 394. The zero-order valence-corrected chi connectivity index (χ0v) is 19.1. The Hall–Kier alpha value is -0.320. The van der Waals surface area contributed by atoms with Gasteiger partial charge in [-0.25, -0.2) is 0 Å². The summed E-state index contributed by atoms with van der Waals surface area (Å²) in [6.45, 7) is 21.0. The van der Waals surface area contributed by atoms with E-state index in [1.807, 2.05) is 0 Å². The Kier molecular flexibility index (Phi) is 9.64. The molecule has 30 heavy (non-hydrogen) atoms. The molecule has 8 nitrogen and oxygen atoms in total. The zero-order valence-electron chi connectivity index (χ0n) is 19.1. The summed E-state index contributed by atoms with van der Waals surface area (Å²) < 4.78 is 11.0. The van der Waals surface area contributed by atoms with Crippen LogP contribution in [0.1, 0.15) is 19.3 Å². The topological polar surface area (TPSA) is 37.9 Å². The Labute approximate surface area is 183 Å². The molecule has 4 fully saturated rings. The molecular weight excluding hydrogens is 380 g/mol. The second-order valence-corrected chi connectivity index (χ2v) is 9.42. The molecule has 4 heterocycles. The number of ether oxygens (including phenoxy) is 2. The Morgan fingerprint density at radius 3 is 1.10 bits per heavy atom. The van der Waals surface area contributed by atoms with Gasteiger partial charge in [-0.1, -0.05) is 6.42 Å². The Morgan fingerprint density at radius 1 is 0.367 bits per heavy atom. The summed E-state index contributed by atoms with van der Waals surface area (Å²) in [6, 6.07) is 0. The SMILES string of the molecule is C1CCN(CCN2CN(CCN3CCOCC3)CN(CCN3CCOCC3)C2)CC1. The van der Waals surface area contributed by atoms with Crippen molar-refractivity contribution < 1.29 is 9.47 Å². The van der Waals surface area contributed by atoms with Crippen molar-refractivity contribution in [2.24, 2.45) is 0 Å². The minimum absolute atomic E-state index is 0.896. The lowest BCUT2D eigenvalue weighted by atomic mass is 10.1. The third kappa shape index (κ3) is 7.67.